The summed E-state index contributed by atoms with van der Waals surface area (Å²) in [6.07, 6.45) is 67.3. The second kappa shape index (κ2) is 54.4. The average Bonchev–Trinajstić information content (AvgIpc) is 3.31. The molecule has 0 aliphatic rings. The van der Waals surface area contributed by atoms with Crippen LogP contribution in [0.1, 0.15) is 271 Å². The molecule has 2 unspecified atom stereocenters. The van der Waals surface area contributed by atoms with Gasteiger partial charge in [0.15, 0.2) is 0 Å². The van der Waals surface area contributed by atoms with Crippen LogP contribution in [-0.2, 0) is 27.9 Å². The van der Waals surface area contributed by atoms with E-state index in [9.17, 15) is 14.3 Å². The van der Waals surface area contributed by atoms with Crippen LogP contribution in [0.25, 0.3) is 0 Å². The van der Waals surface area contributed by atoms with Gasteiger partial charge < -0.3 is 20.1 Å². The predicted molar refractivity (Wildman–Crippen MR) is 284 cm³/mol. The van der Waals surface area contributed by atoms with E-state index in [4.69, 9.17) is 24.3 Å². The smallest absolute Gasteiger partial charge is 0.457 e. The number of allylic oxidation sites excluding steroid dienone is 8. The van der Waals surface area contributed by atoms with Crippen LogP contribution in [0.4, 0.5) is 0 Å². The van der Waals surface area contributed by atoms with E-state index in [0.717, 1.165) is 44.9 Å². The number of carbonyl (C=O) groups is 1. The van der Waals surface area contributed by atoms with Gasteiger partial charge in [-0.25, -0.2) is 4.57 Å². The van der Waals surface area contributed by atoms with Crippen molar-refractivity contribution in [1.82, 2.24) is 0 Å². The Kier molecular flexibility index (Phi) is 53.1. The third kappa shape index (κ3) is 53.4. The molecule has 0 aromatic heterocycles. The van der Waals surface area contributed by atoms with Crippen LogP contribution in [-0.4, -0.2) is 49.9 Å². The summed E-state index contributed by atoms with van der Waals surface area (Å²) in [7, 11) is -4.29. The highest BCUT2D eigenvalue weighted by molar-refractivity contribution is 7.47. The minimum Gasteiger partial charge on any atom is -0.457 e. The molecule has 0 bridgehead atoms. The minimum absolute atomic E-state index is 0.0964. The molecule has 0 aliphatic carbocycles. The van der Waals surface area contributed by atoms with Crippen molar-refractivity contribution < 1.29 is 32.8 Å². The molecule has 66 heavy (non-hydrogen) atoms. The Labute approximate surface area is 409 Å². The molecule has 0 fully saturated rings. The zero-order valence-corrected chi connectivity index (χ0v) is 44.3. The Morgan fingerprint density at radius 3 is 1.18 bits per heavy atom. The van der Waals surface area contributed by atoms with Crippen LogP contribution in [0.3, 0.4) is 0 Å². The summed E-state index contributed by atoms with van der Waals surface area (Å²) in [5.41, 5.74) is 5.40. The van der Waals surface area contributed by atoms with Crippen molar-refractivity contribution in [2.24, 2.45) is 5.73 Å². The van der Waals surface area contributed by atoms with Gasteiger partial charge in [0.25, 0.3) is 0 Å². The molecule has 0 saturated carbocycles. The molecule has 2 atom stereocenters. The lowest BCUT2D eigenvalue weighted by molar-refractivity contribution is -0.154. The minimum atomic E-state index is -4.29. The van der Waals surface area contributed by atoms with Crippen molar-refractivity contribution in [3.8, 4) is 0 Å². The van der Waals surface area contributed by atoms with Crippen LogP contribution >= 0.6 is 7.82 Å². The number of hydrogen-bond donors (Lipinski definition) is 2. The van der Waals surface area contributed by atoms with Gasteiger partial charge in [0.1, 0.15) is 6.10 Å². The van der Waals surface area contributed by atoms with Gasteiger partial charge in [-0.1, -0.05) is 236 Å². The van der Waals surface area contributed by atoms with Crippen molar-refractivity contribution in [3.63, 3.8) is 0 Å². The number of phosphoric acid groups is 1. The Bertz CT molecular complexity index is 1160. The first-order chi connectivity index (χ1) is 32.4. The van der Waals surface area contributed by atoms with Gasteiger partial charge in [-0.3, -0.25) is 13.8 Å². The molecule has 8 nitrogen and oxygen atoms in total. The fourth-order valence-electron chi connectivity index (χ4n) is 8.06. The van der Waals surface area contributed by atoms with E-state index >= 15 is 0 Å². The highest BCUT2D eigenvalue weighted by atomic mass is 31.2. The Morgan fingerprint density at radius 2 is 0.803 bits per heavy atom. The summed E-state index contributed by atoms with van der Waals surface area (Å²) in [4.78, 5) is 22.6. The second-order valence-corrected chi connectivity index (χ2v) is 20.2. The van der Waals surface area contributed by atoms with Crippen molar-refractivity contribution in [2.45, 2.75) is 277 Å². The number of rotatable bonds is 54. The van der Waals surface area contributed by atoms with Crippen LogP contribution in [0.15, 0.2) is 48.6 Å². The summed E-state index contributed by atoms with van der Waals surface area (Å²) in [5.74, 6) is -0.331. The first kappa shape index (κ1) is 64.5. The third-order valence-corrected chi connectivity index (χ3v) is 13.2. The predicted octanol–water partition coefficient (Wildman–Crippen LogP) is 17.9. The third-order valence-electron chi connectivity index (χ3n) is 12.2. The second-order valence-electron chi connectivity index (χ2n) is 18.8. The highest BCUT2D eigenvalue weighted by Crippen LogP contribution is 2.43. The first-order valence-electron chi connectivity index (χ1n) is 28.1. The molecule has 0 spiro atoms. The molecule has 0 aliphatic heterocycles. The topological polar surface area (TPSA) is 117 Å². The lowest BCUT2D eigenvalue weighted by atomic mass is 10.0. The van der Waals surface area contributed by atoms with E-state index < -0.39 is 13.9 Å². The largest absolute Gasteiger partial charge is 0.472 e. The molecule has 388 valence electrons. The molecular weight excluding hydrogens is 842 g/mol. The Morgan fingerprint density at radius 1 is 0.455 bits per heavy atom. The number of nitrogens with two attached hydrogens (primary N) is 1. The number of carbonyl (C=O) groups excluding carboxylic acids is 1. The first-order valence-corrected chi connectivity index (χ1v) is 29.6. The van der Waals surface area contributed by atoms with E-state index in [0.29, 0.717) is 13.0 Å². The van der Waals surface area contributed by atoms with E-state index in [2.05, 4.69) is 62.5 Å². The SMILES string of the molecule is CCCCCCC/C=C\C/C=C\CCCCCCCCCCCCCCCCOCC(COP(=O)(O)OCCN)OC(=O)CCCCCCCCCCC/C=C\C/C=C\CCCCCCC. The zero-order chi connectivity index (χ0) is 48.0. The quantitative estimate of drug-likeness (QED) is 0.0268. The molecule has 0 amide bonds. The molecule has 0 aromatic rings. The Hall–Kier alpha value is -1.54. The fourth-order valence-corrected chi connectivity index (χ4v) is 8.83. The molecule has 0 rings (SSSR count). The number of ether oxygens (including phenoxy) is 2. The van der Waals surface area contributed by atoms with Crippen LogP contribution in [0, 0.1) is 0 Å². The fraction of sp³-hybridized carbons (Fsp3) is 0.842. The molecule has 9 heteroatoms. The van der Waals surface area contributed by atoms with Crippen molar-refractivity contribution in [2.75, 3.05) is 33.0 Å². The monoisotopic (exact) mass is 950 g/mol. The van der Waals surface area contributed by atoms with Gasteiger partial charge in [0.05, 0.1) is 19.8 Å². The highest BCUT2D eigenvalue weighted by Gasteiger charge is 2.25. The van der Waals surface area contributed by atoms with E-state index in [1.807, 2.05) is 0 Å². The standard InChI is InChI=1S/C57H108NO7P/c1-3-5-7-9-11-13-15-17-19-21-23-25-26-27-28-29-31-33-35-37-39-41-43-45-47-49-52-62-54-56(55-64-66(60,61)63-53-51-58)65-57(59)50-48-46-44-42-40-38-36-34-32-30-24-22-20-18-16-14-12-10-8-6-4-2/h15-18,21-24,56H,3-14,19-20,25-55,58H2,1-2H3,(H,60,61)/b17-15-,18-16-,23-21-,24-22-. The van der Waals surface area contributed by atoms with Crippen LogP contribution < -0.4 is 5.73 Å². The van der Waals surface area contributed by atoms with Gasteiger partial charge in [-0.2, -0.15) is 0 Å². The normalized spacial score (nSPS) is 13.6. The summed E-state index contributed by atoms with van der Waals surface area (Å²) in [6, 6.07) is 0. The lowest BCUT2D eigenvalue weighted by Crippen LogP contribution is -2.28. The summed E-state index contributed by atoms with van der Waals surface area (Å²) < 4.78 is 33.7. The zero-order valence-electron chi connectivity index (χ0n) is 43.4. The number of hydrogen-bond acceptors (Lipinski definition) is 7. The summed E-state index contributed by atoms with van der Waals surface area (Å²) in [6.45, 7) is 4.94. The molecule has 0 heterocycles. The Balaban J connectivity index is 3.89. The van der Waals surface area contributed by atoms with Gasteiger partial charge in [0.2, 0.25) is 0 Å². The van der Waals surface area contributed by atoms with E-state index in [1.54, 1.807) is 0 Å². The number of unbranched alkanes of at least 4 members (excludes halogenated alkanes) is 33. The van der Waals surface area contributed by atoms with Gasteiger partial charge in [0, 0.05) is 19.6 Å². The van der Waals surface area contributed by atoms with Gasteiger partial charge in [-0.15, -0.1) is 0 Å². The maximum absolute atomic E-state index is 12.7. The molecule has 0 aromatic carbocycles. The molecule has 0 radical (unpaired) electrons. The molecule has 0 saturated heterocycles. The lowest BCUT2D eigenvalue weighted by Gasteiger charge is -2.20. The summed E-state index contributed by atoms with van der Waals surface area (Å²) in [5, 5.41) is 0. The van der Waals surface area contributed by atoms with Crippen LogP contribution in [0.2, 0.25) is 0 Å². The number of esters is 1. The van der Waals surface area contributed by atoms with Crippen LogP contribution in [0.5, 0.6) is 0 Å². The van der Waals surface area contributed by atoms with E-state index in [-0.39, 0.29) is 32.3 Å². The van der Waals surface area contributed by atoms with Crippen molar-refractivity contribution in [3.05, 3.63) is 48.6 Å². The molecular formula is C57H108NO7P. The molecule has 3 N–H and O–H groups in total. The maximum atomic E-state index is 12.7. The van der Waals surface area contributed by atoms with Gasteiger partial charge in [-0.05, 0) is 77.0 Å². The summed E-state index contributed by atoms with van der Waals surface area (Å²) >= 11 is 0. The van der Waals surface area contributed by atoms with Gasteiger partial charge >= 0.3 is 13.8 Å². The number of phosphoric ester groups is 1. The van der Waals surface area contributed by atoms with Crippen molar-refractivity contribution >= 4 is 13.8 Å². The average molecular weight is 950 g/mol. The van der Waals surface area contributed by atoms with Crippen molar-refractivity contribution in [1.29, 1.82) is 0 Å². The van der Waals surface area contributed by atoms with E-state index in [1.165, 1.54) is 205 Å². The maximum Gasteiger partial charge on any atom is 0.472 e.